The van der Waals surface area contributed by atoms with Crippen LogP contribution in [0.4, 0.5) is 0 Å². The lowest BCUT2D eigenvalue weighted by atomic mass is 9.99. The smallest absolute Gasteiger partial charge is 0.338 e. The molecule has 0 aliphatic rings. The average molecular weight is 301 g/mol. The van der Waals surface area contributed by atoms with Crippen molar-refractivity contribution in [2.75, 3.05) is 21.2 Å². The molecule has 2 aromatic rings. The number of esters is 1. The summed E-state index contributed by atoms with van der Waals surface area (Å²) in [7, 11) is 4.70. The zero-order valence-corrected chi connectivity index (χ0v) is 13.4. The molecule has 0 saturated carbocycles. The van der Waals surface area contributed by atoms with Gasteiger partial charge in [0.2, 0.25) is 0 Å². The first kappa shape index (κ1) is 15.8. The van der Waals surface area contributed by atoms with Crippen LogP contribution in [0.3, 0.4) is 0 Å². The summed E-state index contributed by atoms with van der Waals surface area (Å²) in [5.41, 5.74) is 3.45. The number of hydrogen-bond donors (Lipinski definition) is 1. The van der Waals surface area contributed by atoms with E-state index in [1.165, 1.54) is 18.2 Å². The van der Waals surface area contributed by atoms with Gasteiger partial charge in [0, 0.05) is 19.7 Å². The summed E-state index contributed by atoms with van der Waals surface area (Å²) in [5, 5.41) is 0. The predicted molar refractivity (Wildman–Crippen MR) is 82.9 cm³/mol. The van der Waals surface area contributed by atoms with E-state index in [1.807, 2.05) is 19.9 Å². The van der Waals surface area contributed by atoms with Crippen LogP contribution in [-0.2, 0) is 4.74 Å². The predicted octanol–water partition coefficient (Wildman–Crippen LogP) is 2.18. The second kappa shape index (κ2) is 6.01. The molecule has 0 fully saturated rings. The van der Waals surface area contributed by atoms with Gasteiger partial charge >= 0.3 is 5.97 Å². The van der Waals surface area contributed by atoms with Crippen LogP contribution in [0, 0.1) is 13.8 Å². The van der Waals surface area contributed by atoms with Crippen LogP contribution in [0.5, 0.6) is 0 Å². The third kappa shape index (κ3) is 2.86. The van der Waals surface area contributed by atoms with E-state index in [9.17, 15) is 9.59 Å². The Kier molecular flexibility index (Phi) is 4.30. The molecule has 0 aliphatic heterocycles. The minimum Gasteiger partial charge on any atom is -0.465 e. The molecular formula is C16H19N3O3. The maximum atomic E-state index is 11.9. The van der Waals surface area contributed by atoms with Gasteiger partial charge in [0.05, 0.1) is 18.9 Å². The second-order valence-electron chi connectivity index (χ2n) is 5.32. The van der Waals surface area contributed by atoms with E-state index in [-0.39, 0.29) is 5.91 Å². The average Bonchev–Trinajstić information content (AvgIpc) is 2.95. The van der Waals surface area contributed by atoms with Crippen molar-refractivity contribution in [3.63, 3.8) is 0 Å². The van der Waals surface area contributed by atoms with E-state index in [1.54, 1.807) is 20.2 Å². The van der Waals surface area contributed by atoms with E-state index in [0.717, 1.165) is 16.7 Å². The summed E-state index contributed by atoms with van der Waals surface area (Å²) in [6.45, 7) is 3.78. The molecule has 0 atom stereocenters. The first-order valence-electron chi connectivity index (χ1n) is 6.81. The van der Waals surface area contributed by atoms with Gasteiger partial charge in [-0.05, 0) is 31.0 Å². The van der Waals surface area contributed by atoms with Crippen LogP contribution in [0.15, 0.2) is 18.3 Å². The highest BCUT2D eigenvalue weighted by atomic mass is 16.5. The van der Waals surface area contributed by atoms with Gasteiger partial charge < -0.3 is 14.6 Å². The summed E-state index contributed by atoms with van der Waals surface area (Å²) >= 11 is 0. The molecule has 1 aromatic heterocycles. The second-order valence-corrected chi connectivity index (χ2v) is 5.32. The Hall–Kier alpha value is -2.63. The van der Waals surface area contributed by atoms with E-state index in [4.69, 9.17) is 4.74 Å². The van der Waals surface area contributed by atoms with Gasteiger partial charge in [-0.25, -0.2) is 9.78 Å². The fourth-order valence-electron chi connectivity index (χ4n) is 2.24. The molecule has 0 aliphatic carbocycles. The summed E-state index contributed by atoms with van der Waals surface area (Å²) in [6, 6.07) is 3.64. The first-order valence-corrected chi connectivity index (χ1v) is 6.81. The van der Waals surface area contributed by atoms with Gasteiger partial charge in [-0.1, -0.05) is 6.07 Å². The van der Waals surface area contributed by atoms with Gasteiger partial charge in [-0.3, -0.25) is 4.79 Å². The van der Waals surface area contributed by atoms with Gasteiger partial charge in [0.1, 0.15) is 11.5 Å². The molecule has 0 radical (unpaired) electrons. The minimum absolute atomic E-state index is 0.156. The number of aromatic amines is 1. The minimum atomic E-state index is -0.394. The molecule has 2 rings (SSSR count). The summed E-state index contributed by atoms with van der Waals surface area (Å²) in [6.07, 6.45) is 1.49. The number of nitrogens with zero attached hydrogens (tertiary/aromatic N) is 2. The molecule has 0 bridgehead atoms. The maximum absolute atomic E-state index is 11.9. The number of hydrogen-bond acceptors (Lipinski definition) is 4. The van der Waals surface area contributed by atoms with Gasteiger partial charge in [-0.2, -0.15) is 0 Å². The zero-order valence-electron chi connectivity index (χ0n) is 13.4. The zero-order chi connectivity index (χ0) is 16.4. The maximum Gasteiger partial charge on any atom is 0.338 e. The van der Waals surface area contributed by atoms with Crippen molar-refractivity contribution in [2.24, 2.45) is 0 Å². The summed E-state index contributed by atoms with van der Waals surface area (Å²) in [4.78, 5) is 32.5. The quantitative estimate of drug-likeness (QED) is 0.882. The number of nitrogens with one attached hydrogen (secondary N) is 1. The molecule has 1 amide bonds. The van der Waals surface area contributed by atoms with Crippen molar-refractivity contribution in [1.29, 1.82) is 0 Å². The normalized spacial score (nSPS) is 10.4. The van der Waals surface area contributed by atoms with Crippen LogP contribution in [0.1, 0.15) is 32.0 Å². The fraction of sp³-hybridized carbons (Fsp3) is 0.312. The van der Waals surface area contributed by atoms with Crippen LogP contribution in [-0.4, -0.2) is 47.9 Å². The number of imidazole rings is 1. The Labute approximate surface area is 129 Å². The van der Waals surface area contributed by atoms with Crippen molar-refractivity contribution in [3.05, 3.63) is 40.7 Å². The number of H-pyrrole nitrogens is 1. The van der Waals surface area contributed by atoms with E-state index < -0.39 is 5.97 Å². The Morgan fingerprint density at radius 2 is 1.86 bits per heavy atom. The fourth-order valence-corrected chi connectivity index (χ4v) is 2.24. The third-order valence-corrected chi connectivity index (χ3v) is 3.44. The number of amides is 1. The van der Waals surface area contributed by atoms with Crippen LogP contribution >= 0.6 is 0 Å². The monoisotopic (exact) mass is 301 g/mol. The van der Waals surface area contributed by atoms with Crippen LogP contribution in [0.25, 0.3) is 11.4 Å². The largest absolute Gasteiger partial charge is 0.465 e. The van der Waals surface area contributed by atoms with Gasteiger partial charge in [0.25, 0.3) is 5.91 Å². The highest BCUT2D eigenvalue weighted by molar-refractivity contribution is 5.94. The van der Waals surface area contributed by atoms with E-state index >= 15 is 0 Å². The Morgan fingerprint density at radius 1 is 1.18 bits per heavy atom. The Balaban J connectivity index is 2.49. The number of carbonyl (C=O) groups is 2. The van der Waals surface area contributed by atoms with Crippen molar-refractivity contribution in [3.8, 4) is 11.4 Å². The molecule has 0 unspecified atom stereocenters. The molecular weight excluding hydrogens is 282 g/mol. The molecule has 116 valence electrons. The van der Waals surface area contributed by atoms with E-state index in [2.05, 4.69) is 9.97 Å². The van der Waals surface area contributed by atoms with Crippen LogP contribution < -0.4 is 0 Å². The number of benzene rings is 1. The number of ether oxygens (including phenoxy) is 1. The molecule has 6 heteroatoms. The number of rotatable bonds is 3. The van der Waals surface area contributed by atoms with Crippen molar-refractivity contribution < 1.29 is 14.3 Å². The SMILES string of the molecule is COC(=O)c1cc(-c2ncc(C(=O)N(C)C)[nH]2)c(C)cc1C. The lowest BCUT2D eigenvalue weighted by Crippen LogP contribution is -2.21. The highest BCUT2D eigenvalue weighted by Crippen LogP contribution is 2.25. The third-order valence-electron chi connectivity index (χ3n) is 3.44. The number of carbonyl (C=O) groups excluding carboxylic acids is 2. The topological polar surface area (TPSA) is 75.3 Å². The summed E-state index contributed by atoms with van der Waals surface area (Å²) in [5.74, 6) is -0.000503. The van der Waals surface area contributed by atoms with Crippen molar-refractivity contribution >= 4 is 11.9 Å². The Morgan fingerprint density at radius 3 is 2.45 bits per heavy atom. The van der Waals surface area contributed by atoms with E-state index in [0.29, 0.717) is 17.1 Å². The molecule has 22 heavy (non-hydrogen) atoms. The van der Waals surface area contributed by atoms with Gasteiger partial charge in [0.15, 0.2) is 0 Å². The standard InChI is InChI=1S/C16H19N3O3/c1-9-6-10(2)12(16(21)22-5)7-11(9)14-17-8-13(18-14)15(20)19(3)4/h6-8H,1-5H3,(H,17,18). The molecule has 1 N–H and O–H groups in total. The highest BCUT2D eigenvalue weighted by Gasteiger charge is 2.17. The number of aryl methyl sites for hydroxylation is 2. The Bertz CT molecular complexity index is 732. The van der Waals surface area contributed by atoms with Crippen molar-refractivity contribution in [1.82, 2.24) is 14.9 Å². The molecule has 0 spiro atoms. The summed E-state index contributed by atoms with van der Waals surface area (Å²) < 4.78 is 4.79. The lowest BCUT2D eigenvalue weighted by Gasteiger charge is -2.10. The van der Waals surface area contributed by atoms with Gasteiger partial charge in [-0.15, -0.1) is 0 Å². The molecule has 1 aromatic carbocycles. The van der Waals surface area contributed by atoms with Crippen LogP contribution in [0.2, 0.25) is 0 Å². The molecule has 6 nitrogen and oxygen atoms in total. The number of aromatic nitrogens is 2. The first-order chi connectivity index (χ1) is 10.3. The van der Waals surface area contributed by atoms with Crippen molar-refractivity contribution in [2.45, 2.75) is 13.8 Å². The molecule has 1 heterocycles. The molecule has 0 saturated heterocycles. The number of methoxy groups -OCH3 is 1. The lowest BCUT2D eigenvalue weighted by molar-refractivity contribution is 0.0599.